The van der Waals surface area contributed by atoms with Crippen molar-refractivity contribution in [3.05, 3.63) is 70.0 Å². The van der Waals surface area contributed by atoms with E-state index in [1.165, 1.54) is 0 Å². The molecule has 4 nitrogen and oxygen atoms in total. The third-order valence-electron chi connectivity index (χ3n) is 3.95. The van der Waals surface area contributed by atoms with Crippen molar-refractivity contribution in [3.63, 3.8) is 0 Å². The lowest BCUT2D eigenvalue weighted by atomic mass is 10.1. The molecule has 0 bridgehead atoms. The van der Waals surface area contributed by atoms with Crippen molar-refractivity contribution in [1.29, 1.82) is 0 Å². The van der Waals surface area contributed by atoms with Crippen LogP contribution < -0.4 is 5.56 Å². The molecule has 0 N–H and O–H groups in total. The molecular formula is C18H19N3O. The predicted molar refractivity (Wildman–Crippen MR) is 88.1 cm³/mol. The number of nitrogens with zero attached hydrogens (tertiary/aromatic N) is 3. The molecular weight excluding hydrogens is 274 g/mol. The van der Waals surface area contributed by atoms with Gasteiger partial charge in [-0.15, -0.1) is 0 Å². The van der Waals surface area contributed by atoms with Gasteiger partial charge in [-0.05, 0) is 56.0 Å². The summed E-state index contributed by atoms with van der Waals surface area (Å²) in [7, 11) is 0. The van der Waals surface area contributed by atoms with Gasteiger partial charge in [0.25, 0.3) is 5.56 Å². The molecule has 0 spiro atoms. The molecule has 0 aliphatic heterocycles. The van der Waals surface area contributed by atoms with Gasteiger partial charge in [0.15, 0.2) is 0 Å². The van der Waals surface area contributed by atoms with Crippen LogP contribution in [0.3, 0.4) is 0 Å². The minimum atomic E-state index is 0.0215. The summed E-state index contributed by atoms with van der Waals surface area (Å²) < 4.78 is 1.72. The minimum absolute atomic E-state index is 0.0215. The first-order valence-corrected chi connectivity index (χ1v) is 7.43. The molecule has 1 aromatic carbocycles. The van der Waals surface area contributed by atoms with Crippen LogP contribution in [0, 0.1) is 13.8 Å². The average molecular weight is 293 g/mol. The van der Waals surface area contributed by atoms with Crippen LogP contribution in [-0.2, 0) is 6.42 Å². The average Bonchev–Trinajstić information content (AvgIpc) is 2.49. The number of aryl methyl sites for hydroxylation is 2. The third kappa shape index (κ3) is 2.64. The van der Waals surface area contributed by atoms with Gasteiger partial charge in [0.2, 0.25) is 0 Å². The highest BCUT2D eigenvalue weighted by Crippen LogP contribution is 2.17. The maximum absolute atomic E-state index is 12.8. The van der Waals surface area contributed by atoms with Crippen molar-refractivity contribution in [1.82, 2.24) is 14.5 Å². The number of hydrogen-bond donors (Lipinski definition) is 0. The van der Waals surface area contributed by atoms with E-state index >= 15 is 0 Å². The van der Waals surface area contributed by atoms with Crippen molar-refractivity contribution >= 4 is 10.9 Å². The quantitative estimate of drug-likeness (QED) is 0.745. The van der Waals surface area contributed by atoms with E-state index in [1.54, 1.807) is 17.1 Å². The third-order valence-corrected chi connectivity index (χ3v) is 3.95. The van der Waals surface area contributed by atoms with Gasteiger partial charge >= 0.3 is 0 Å². The van der Waals surface area contributed by atoms with Crippen molar-refractivity contribution < 1.29 is 0 Å². The molecule has 0 aliphatic rings. The Morgan fingerprint density at radius 1 is 1.27 bits per heavy atom. The van der Waals surface area contributed by atoms with Gasteiger partial charge in [-0.25, -0.2) is 4.98 Å². The van der Waals surface area contributed by atoms with Gasteiger partial charge in [0.1, 0.15) is 0 Å². The normalized spacial score (nSPS) is 12.5. The van der Waals surface area contributed by atoms with Crippen LogP contribution in [0.15, 0.2) is 47.8 Å². The van der Waals surface area contributed by atoms with Gasteiger partial charge in [-0.3, -0.25) is 14.3 Å². The molecule has 3 rings (SSSR count). The van der Waals surface area contributed by atoms with Crippen LogP contribution in [0.1, 0.15) is 29.7 Å². The number of fused-ring (bicyclic) bond motifs is 1. The molecule has 3 aromatic rings. The summed E-state index contributed by atoms with van der Waals surface area (Å²) in [6.45, 7) is 6.03. The van der Waals surface area contributed by atoms with E-state index < -0.39 is 0 Å². The van der Waals surface area contributed by atoms with Crippen molar-refractivity contribution in [2.24, 2.45) is 0 Å². The molecule has 0 aliphatic carbocycles. The van der Waals surface area contributed by atoms with Crippen molar-refractivity contribution in [3.8, 4) is 0 Å². The molecule has 112 valence electrons. The molecule has 0 saturated carbocycles. The summed E-state index contributed by atoms with van der Waals surface area (Å²) in [5.41, 5.74) is 4.05. The molecule has 0 amide bonds. The lowest BCUT2D eigenvalue weighted by molar-refractivity contribution is 0.522. The largest absolute Gasteiger partial charge is 0.296 e. The maximum Gasteiger partial charge on any atom is 0.261 e. The maximum atomic E-state index is 12.8. The Morgan fingerprint density at radius 3 is 2.82 bits per heavy atom. The molecule has 22 heavy (non-hydrogen) atoms. The molecule has 0 fully saturated rings. The molecule has 4 heteroatoms. The molecule has 2 aromatic heterocycles. The van der Waals surface area contributed by atoms with Crippen LogP contribution >= 0.6 is 0 Å². The van der Waals surface area contributed by atoms with E-state index in [0.717, 1.165) is 28.6 Å². The Balaban J connectivity index is 2.04. The topological polar surface area (TPSA) is 47.8 Å². The molecule has 0 saturated heterocycles. The number of hydrogen-bond acceptors (Lipinski definition) is 3. The Bertz CT molecular complexity index is 869. The number of rotatable bonds is 3. The van der Waals surface area contributed by atoms with Gasteiger partial charge < -0.3 is 0 Å². The fourth-order valence-corrected chi connectivity index (χ4v) is 2.88. The molecule has 2 heterocycles. The minimum Gasteiger partial charge on any atom is -0.296 e. The van der Waals surface area contributed by atoms with Crippen molar-refractivity contribution in [2.45, 2.75) is 33.2 Å². The monoisotopic (exact) mass is 293 g/mol. The zero-order chi connectivity index (χ0) is 15.7. The second kappa shape index (κ2) is 5.72. The Kier molecular flexibility index (Phi) is 3.75. The Labute approximate surface area is 129 Å². The van der Waals surface area contributed by atoms with E-state index in [1.807, 2.05) is 45.2 Å². The lowest BCUT2D eigenvalue weighted by Gasteiger charge is -2.16. The van der Waals surface area contributed by atoms with E-state index in [9.17, 15) is 4.79 Å². The Hall–Kier alpha value is -2.49. The zero-order valence-corrected chi connectivity index (χ0v) is 13.1. The second-order valence-electron chi connectivity index (χ2n) is 5.85. The van der Waals surface area contributed by atoms with Crippen LogP contribution in [0.25, 0.3) is 10.9 Å². The van der Waals surface area contributed by atoms with Gasteiger partial charge in [-0.2, -0.15) is 0 Å². The fraction of sp³-hybridized carbons (Fsp3) is 0.278. The summed E-state index contributed by atoms with van der Waals surface area (Å²) >= 11 is 0. The highest BCUT2D eigenvalue weighted by atomic mass is 16.1. The van der Waals surface area contributed by atoms with Crippen LogP contribution in [0.2, 0.25) is 0 Å². The van der Waals surface area contributed by atoms with Crippen molar-refractivity contribution in [2.75, 3.05) is 0 Å². The standard InChI is InChI=1S/C18H19N3O/c1-12-7-13(2)17-16(8-12)18(22)21(11-20-17)14(3)9-15-5-4-6-19-10-15/h4-8,10-11,14H,9H2,1-3H3/t14-/m0/s1. The number of benzene rings is 1. The SMILES string of the molecule is Cc1cc(C)c2ncn([C@@H](C)Cc3cccnc3)c(=O)c2c1. The van der Waals surface area contributed by atoms with Gasteiger partial charge in [0, 0.05) is 18.4 Å². The summed E-state index contributed by atoms with van der Waals surface area (Å²) in [4.78, 5) is 21.4. The van der Waals surface area contributed by atoms with E-state index in [4.69, 9.17) is 0 Å². The first-order valence-electron chi connectivity index (χ1n) is 7.43. The fourth-order valence-electron chi connectivity index (χ4n) is 2.88. The molecule has 0 unspecified atom stereocenters. The highest BCUT2D eigenvalue weighted by molar-refractivity contribution is 5.81. The summed E-state index contributed by atoms with van der Waals surface area (Å²) in [5, 5.41) is 0.693. The van der Waals surface area contributed by atoms with Gasteiger partial charge in [0.05, 0.1) is 17.2 Å². The second-order valence-corrected chi connectivity index (χ2v) is 5.85. The van der Waals surface area contributed by atoms with Crippen LogP contribution in [0.4, 0.5) is 0 Å². The number of pyridine rings is 1. The molecule has 0 radical (unpaired) electrons. The molecule has 1 atom stereocenters. The smallest absolute Gasteiger partial charge is 0.261 e. The summed E-state index contributed by atoms with van der Waals surface area (Å²) in [5.74, 6) is 0. The van der Waals surface area contributed by atoms with Crippen LogP contribution in [0.5, 0.6) is 0 Å². The summed E-state index contributed by atoms with van der Waals surface area (Å²) in [6, 6.07) is 7.95. The first kappa shape index (κ1) is 14.4. The highest BCUT2D eigenvalue weighted by Gasteiger charge is 2.12. The first-order chi connectivity index (χ1) is 10.6. The van der Waals surface area contributed by atoms with E-state index in [2.05, 4.69) is 16.0 Å². The Morgan fingerprint density at radius 2 is 2.09 bits per heavy atom. The lowest BCUT2D eigenvalue weighted by Crippen LogP contribution is -2.25. The van der Waals surface area contributed by atoms with E-state index in [-0.39, 0.29) is 11.6 Å². The van der Waals surface area contributed by atoms with E-state index in [0.29, 0.717) is 5.39 Å². The zero-order valence-electron chi connectivity index (χ0n) is 13.1. The van der Waals surface area contributed by atoms with Gasteiger partial charge in [-0.1, -0.05) is 12.1 Å². The predicted octanol–water partition coefficient (Wildman–Crippen LogP) is 3.21. The summed E-state index contributed by atoms with van der Waals surface area (Å²) in [6.07, 6.45) is 6.01. The van der Waals surface area contributed by atoms with Crippen LogP contribution in [-0.4, -0.2) is 14.5 Å². The number of aromatic nitrogens is 3.